The first-order chi connectivity index (χ1) is 9.36. The van der Waals surface area contributed by atoms with E-state index in [0.29, 0.717) is 6.04 Å². The molecule has 0 saturated carbocycles. The quantitative estimate of drug-likeness (QED) is 0.826. The third-order valence-corrected chi connectivity index (χ3v) is 3.71. The molecule has 2 heterocycles. The van der Waals surface area contributed by atoms with Gasteiger partial charge in [0.1, 0.15) is 0 Å². The fraction of sp³-hybridized carbons (Fsp3) is 0.667. The van der Waals surface area contributed by atoms with Crippen molar-refractivity contribution in [3.63, 3.8) is 0 Å². The molecule has 1 fully saturated rings. The van der Waals surface area contributed by atoms with Gasteiger partial charge in [-0.1, -0.05) is 6.92 Å². The normalized spacial score (nSPS) is 16.3. The minimum atomic E-state index is 0.614. The van der Waals surface area contributed by atoms with Gasteiger partial charge < -0.3 is 15.5 Å². The average Bonchev–Trinajstić information content (AvgIpc) is 2.48. The second-order valence-corrected chi connectivity index (χ2v) is 5.07. The highest BCUT2D eigenvalue weighted by molar-refractivity contribution is 5.65. The Balaban J connectivity index is 2.16. The van der Waals surface area contributed by atoms with E-state index in [1.165, 1.54) is 18.5 Å². The van der Waals surface area contributed by atoms with E-state index in [4.69, 9.17) is 0 Å². The summed E-state index contributed by atoms with van der Waals surface area (Å²) in [6.45, 7) is 8.66. The molecule has 0 spiro atoms. The van der Waals surface area contributed by atoms with Crippen LogP contribution in [0.1, 0.15) is 33.1 Å². The van der Waals surface area contributed by atoms with Gasteiger partial charge in [0.15, 0.2) is 5.82 Å². The van der Waals surface area contributed by atoms with Crippen LogP contribution in [0.5, 0.6) is 0 Å². The Labute approximate surface area is 116 Å². The van der Waals surface area contributed by atoms with E-state index < -0.39 is 0 Å². The molecule has 4 heteroatoms. The largest absolute Gasteiger partial charge is 0.382 e. The van der Waals surface area contributed by atoms with Gasteiger partial charge in [-0.3, -0.25) is 0 Å². The molecule has 1 aromatic heterocycles. The minimum Gasteiger partial charge on any atom is -0.382 e. The summed E-state index contributed by atoms with van der Waals surface area (Å²) in [5.74, 6) is 1.12. The molecular weight excluding hydrogens is 236 g/mol. The average molecular weight is 262 g/mol. The van der Waals surface area contributed by atoms with Gasteiger partial charge in [0.25, 0.3) is 0 Å². The number of hydrogen-bond donors (Lipinski definition) is 2. The maximum Gasteiger partial charge on any atom is 0.152 e. The van der Waals surface area contributed by atoms with Crippen LogP contribution >= 0.6 is 0 Å². The summed E-state index contributed by atoms with van der Waals surface area (Å²) in [6, 6.07) is 4.77. The van der Waals surface area contributed by atoms with E-state index in [2.05, 4.69) is 40.4 Å². The van der Waals surface area contributed by atoms with Crippen molar-refractivity contribution in [3.8, 4) is 0 Å². The zero-order valence-electron chi connectivity index (χ0n) is 12.2. The summed E-state index contributed by atoms with van der Waals surface area (Å²) in [5.41, 5.74) is 1.17. The summed E-state index contributed by atoms with van der Waals surface area (Å²) < 4.78 is 0. The molecule has 0 bridgehead atoms. The molecule has 0 radical (unpaired) electrons. The lowest BCUT2D eigenvalue weighted by atomic mass is 10.0. The Morgan fingerprint density at radius 2 is 2.16 bits per heavy atom. The Morgan fingerprint density at radius 1 is 1.37 bits per heavy atom. The van der Waals surface area contributed by atoms with Gasteiger partial charge in [0.05, 0.1) is 5.69 Å². The highest BCUT2D eigenvalue weighted by atomic mass is 15.2. The van der Waals surface area contributed by atoms with Crippen molar-refractivity contribution in [2.75, 3.05) is 36.4 Å². The number of nitrogens with zero attached hydrogens (tertiary/aromatic N) is 2. The van der Waals surface area contributed by atoms with Crippen molar-refractivity contribution in [1.29, 1.82) is 0 Å². The van der Waals surface area contributed by atoms with Crippen LogP contribution in [0.2, 0.25) is 0 Å². The van der Waals surface area contributed by atoms with Crippen LogP contribution in [0, 0.1) is 0 Å². The van der Waals surface area contributed by atoms with Crippen LogP contribution in [0.4, 0.5) is 11.5 Å². The monoisotopic (exact) mass is 262 g/mol. The molecule has 4 nitrogen and oxygen atoms in total. The summed E-state index contributed by atoms with van der Waals surface area (Å²) in [4.78, 5) is 7.08. The van der Waals surface area contributed by atoms with Gasteiger partial charge in [-0.25, -0.2) is 4.98 Å². The van der Waals surface area contributed by atoms with Crippen molar-refractivity contribution in [3.05, 3.63) is 18.3 Å². The van der Waals surface area contributed by atoms with E-state index in [0.717, 1.165) is 38.4 Å². The maximum absolute atomic E-state index is 4.62. The number of anilines is 2. The Kier molecular flexibility index (Phi) is 5.45. The highest BCUT2D eigenvalue weighted by Crippen LogP contribution is 2.26. The fourth-order valence-electron chi connectivity index (χ4n) is 2.72. The third kappa shape index (κ3) is 3.60. The van der Waals surface area contributed by atoms with Crippen molar-refractivity contribution >= 4 is 11.5 Å². The molecule has 0 unspecified atom stereocenters. The van der Waals surface area contributed by atoms with Crippen molar-refractivity contribution < 1.29 is 0 Å². The van der Waals surface area contributed by atoms with Gasteiger partial charge in [-0.05, 0) is 51.4 Å². The lowest BCUT2D eigenvalue weighted by Gasteiger charge is -2.35. The van der Waals surface area contributed by atoms with E-state index >= 15 is 0 Å². The number of hydrogen-bond acceptors (Lipinski definition) is 4. The van der Waals surface area contributed by atoms with E-state index in [-0.39, 0.29) is 0 Å². The van der Waals surface area contributed by atoms with Crippen LogP contribution in [0.15, 0.2) is 18.3 Å². The molecule has 0 aromatic carbocycles. The highest BCUT2D eigenvalue weighted by Gasteiger charge is 2.22. The number of pyridine rings is 1. The summed E-state index contributed by atoms with van der Waals surface area (Å²) in [5, 5.41) is 6.93. The van der Waals surface area contributed by atoms with Crippen LogP contribution in [0.25, 0.3) is 0 Å². The fourth-order valence-corrected chi connectivity index (χ4v) is 2.72. The Bertz CT molecular complexity index is 374. The lowest BCUT2D eigenvalue weighted by Crippen LogP contribution is -2.43. The van der Waals surface area contributed by atoms with Gasteiger partial charge in [-0.2, -0.15) is 0 Å². The first-order valence-corrected chi connectivity index (χ1v) is 7.53. The molecule has 1 saturated heterocycles. The molecule has 0 aliphatic carbocycles. The Hall–Kier alpha value is -1.29. The molecule has 106 valence electrons. The van der Waals surface area contributed by atoms with Crippen molar-refractivity contribution in [1.82, 2.24) is 10.3 Å². The van der Waals surface area contributed by atoms with Gasteiger partial charge >= 0.3 is 0 Å². The number of rotatable bonds is 6. The number of aromatic nitrogens is 1. The topological polar surface area (TPSA) is 40.2 Å². The first-order valence-electron chi connectivity index (χ1n) is 7.53. The molecule has 1 aromatic rings. The third-order valence-electron chi connectivity index (χ3n) is 3.71. The molecule has 0 amide bonds. The molecular formula is C15H26N4. The van der Waals surface area contributed by atoms with Gasteiger partial charge in [0.2, 0.25) is 0 Å². The molecule has 0 atom stereocenters. The van der Waals surface area contributed by atoms with E-state index in [9.17, 15) is 0 Å². The first kappa shape index (κ1) is 14.1. The minimum absolute atomic E-state index is 0.614. The van der Waals surface area contributed by atoms with Gasteiger partial charge in [0, 0.05) is 25.3 Å². The summed E-state index contributed by atoms with van der Waals surface area (Å²) in [6.07, 6.45) is 5.44. The predicted molar refractivity (Wildman–Crippen MR) is 81.9 cm³/mol. The summed E-state index contributed by atoms with van der Waals surface area (Å²) >= 11 is 0. The SMILES string of the molecule is CCCNc1cccnc1N(CC)C1CCNCC1. The van der Waals surface area contributed by atoms with E-state index in [1.54, 1.807) is 0 Å². The molecule has 1 aliphatic heterocycles. The summed E-state index contributed by atoms with van der Waals surface area (Å²) in [7, 11) is 0. The standard InChI is InChI=1S/C15H26N4/c1-3-9-17-14-6-5-10-18-15(14)19(4-2)13-7-11-16-12-8-13/h5-6,10,13,16-17H,3-4,7-9,11-12H2,1-2H3. The van der Waals surface area contributed by atoms with Crippen molar-refractivity contribution in [2.24, 2.45) is 0 Å². The molecule has 2 rings (SSSR count). The molecule has 19 heavy (non-hydrogen) atoms. The van der Waals surface area contributed by atoms with Gasteiger partial charge in [-0.15, -0.1) is 0 Å². The smallest absolute Gasteiger partial charge is 0.152 e. The number of piperidine rings is 1. The zero-order valence-corrected chi connectivity index (χ0v) is 12.2. The lowest BCUT2D eigenvalue weighted by molar-refractivity contribution is 0.432. The van der Waals surface area contributed by atoms with Crippen LogP contribution < -0.4 is 15.5 Å². The molecule has 2 N–H and O–H groups in total. The van der Waals surface area contributed by atoms with Crippen LogP contribution in [-0.4, -0.2) is 37.2 Å². The van der Waals surface area contributed by atoms with Crippen LogP contribution in [0.3, 0.4) is 0 Å². The maximum atomic E-state index is 4.62. The zero-order chi connectivity index (χ0) is 13.5. The Morgan fingerprint density at radius 3 is 2.84 bits per heavy atom. The second kappa shape index (κ2) is 7.34. The molecule has 1 aliphatic rings. The van der Waals surface area contributed by atoms with Crippen molar-refractivity contribution in [2.45, 2.75) is 39.2 Å². The van der Waals surface area contributed by atoms with E-state index in [1.807, 2.05) is 12.3 Å². The second-order valence-electron chi connectivity index (χ2n) is 5.07. The van der Waals surface area contributed by atoms with Crippen LogP contribution in [-0.2, 0) is 0 Å². The number of nitrogens with one attached hydrogen (secondary N) is 2. The predicted octanol–water partition coefficient (Wildman–Crippen LogP) is 2.48.